The third kappa shape index (κ3) is 1.76. The van der Waals surface area contributed by atoms with Gasteiger partial charge in [-0.15, -0.1) is 12.6 Å². The van der Waals surface area contributed by atoms with Crippen LogP contribution in [0.15, 0.2) is 11.0 Å². The fourth-order valence-corrected chi connectivity index (χ4v) is 1.63. The third-order valence-corrected chi connectivity index (χ3v) is 2.78. The number of rotatable bonds is 1. The first-order chi connectivity index (χ1) is 7.49. The van der Waals surface area contributed by atoms with Crippen LogP contribution in [0.2, 0.25) is 0 Å². The van der Waals surface area contributed by atoms with Crippen LogP contribution in [-0.2, 0) is 0 Å². The molecule has 0 fully saturated rings. The minimum atomic E-state index is 0.464. The maximum Gasteiger partial charge on any atom is 0.252 e. The first-order valence-corrected chi connectivity index (χ1v) is 5.30. The first-order valence-electron chi connectivity index (χ1n) is 4.85. The molecule has 0 amide bonds. The normalized spacial score (nSPS) is 10.8. The van der Waals surface area contributed by atoms with E-state index >= 15 is 0 Å². The van der Waals surface area contributed by atoms with Crippen molar-refractivity contribution in [3.63, 3.8) is 0 Å². The summed E-state index contributed by atoms with van der Waals surface area (Å²) in [4.78, 5) is 9.26. The molecule has 0 spiro atoms. The Balaban J connectivity index is 2.62. The molecule has 0 radical (unpaired) electrons. The molecule has 0 aliphatic heterocycles. The topological polar surface area (TPSA) is 69.6 Å². The number of nitrogens with zero attached hydrogens (tertiary/aromatic N) is 4. The van der Waals surface area contributed by atoms with Gasteiger partial charge in [0, 0.05) is 11.4 Å². The summed E-state index contributed by atoms with van der Waals surface area (Å²) in [6.45, 7) is 5.66. The molecule has 2 N–H and O–H groups in total. The highest BCUT2D eigenvalue weighted by Gasteiger charge is 2.13. The van der Waals surface area contributed by atoms with E-state index < -0.39 is 0 Å². The molecule has 0 aromatic carbocycles. The van der Waals surface area contributed by atoms with Crippen LogP contribution < -0.4 is 5.73 Å². The lowest BCUT2D eigenvalue weighted by Crippen LogP contribution is -2.08. The number of nitrogens with two attached hydrogens (primary N) is 1. The van der Waals surface area contributed by atoms with Gasteiger partial charge in [-0.3, -0.25) is 0 Å². The van der Waals surface area contributed by atoms with E-state index in [1.165, 1.54) is 4.68 Å². The van der Waals surface area contributed by atoms with E-state index in [1.807, 2.05) is 26.8 Å². The summed E-state index contributed by atoms with van der Waals surface area (Å²) < 4.78 is 1.51. The maximum atomic E-state index is 5.88. The lowest BCUT2D eigenvalue weighted by Gasteiger charge is -2.04. The maximum absolute atomic E-state index is 5.88. The summed E-state index contributed by atoms with van der Waals surface area (Å²) in [5.41, 5.74) is 8.42. The van der Waals surface area contributed by atoms with Crippen molar-refractivity contribution >= 4 is 18.4 Å². The Morgan fingerprint density at radius 2 is 1.75 bits per heavy atom. The molecule has 5 nitrogen and oxygen atoms in total. The molecule has 2 aromatic rings. The van der Waals surface area contributed by atoms with Gasteiger partial charge in [0.2, 0.25) is 0 Å². The Kier molecular flexibility index (Phi) is 2.59. The number of anilines is 1. The van der Waals surface area contributed by atoms with Gasteiger partial charge in [0.05, 0.1) is 10.6 Å². The Labute approximate surface area is 99.1 Å². The van der Waals surface area contributed by atoms with Crippen molar-refractivity contribution in [2.45, 2.75) is 25.7 Å². The van der Waals surface area contributed by atoms with E-state index in [9.17, 15) is 0 Å². The van der Waals surface area contributed by atoms with Crippen LogP contribution in [0, 0.1) is 20.8 Å². The van der Waals surface area contributed by atoms with E-state index in [1.54, 1.807) is 0 Å². The molecule has 0 saturated carbocycles. The molecule has 0 bridgehead atoms. The fraction of sp³-hybridized carbons (Fsp3) is 0.300. The van der Waals surface area contributed by atoms with Gasteiger partial charge >= 0.3 is 0 Å². The molecule has 16 heavy (non-hydrogen) atoms. The van der Waals surface area contributed by atoms with Crippen LogP contribution in [0.3, 0.4) is 0 Å². The Morgan fingerprint density at radius 1 is 1.19 bits per heavy atom. The standard InChI is InChI=1S/C10H13N5S/c1-5-4-6(2)13-10(12-5)15-9(11)8(16)7(3)14-15/h4,16H,11H2,1-3H3. The zero-order valence-electron chi connectivity index (χ0n) is 9.39. The summed E-state index contributed by atoms with van der Waals surface area (Å²) in [5, 5.41) is 4.25. The highest BCUT2D eigenvalue weighted by Crippen LogP contribution is 2.22. The zero-order chi connectivity index (χ0) is 11.9. The average Bonchev–Trinajstić information content (AvgIpc) is 2.44. The number of aryl methyl sites for hydroxylation is 3. The van der Waals surface area contributed by atoms with Crippen molar-refractivity contribution in [2.24, 2.45) is 0 Å². The summed E-state index contributed by atoms with van der Waals surface area (Å²) in [6.07, 6.45) is 0. The molecule has 0 unspecified atom stereocenters. The fourth-order valence-electron chi connectivity index (χ4n) is 1.49. The Hall–Kier alpha value is -1.56. The van der Waals surface area contributed by atoms with Crippen LogP contribution in [0.25, 0.3) is 5.95 Å². The summed E-state index contributed by atoms with van der Waals surface area (Å²) in [5.74, 6) is 0.948. The van der Waals surface area contributed by atoms with Gasteiger partial charge in [-0.2, -0.15) is 9.78 Å². The Bertz CT molecular complexity index is 526. The molecule has 2 aromatic heterocycles. The molecule has 2 rings (SSSR count). The van der Waals surface area contributed by atoms with E-state index in [0.717, 1.165) is 17.1 Å². The van der Waals surface area contributed by atoms with Gasteiger partial charge in [0.15, 0.2) is 0 Å². The van der Waals surface area contributed by atoms with Gasteiger partial charge in [-0.05, 0) is 26.8 Å². The van der Waals surface area contributed by atoms with Gasteiger partial charge in [0.1, 0.15) is 5.82 Å². The molecule has 0 aliphatic carbocycles. The quantitative estimate of drug-likeness (QED) is 0.734. The first kappa shape index (κ1) is 10.9. The van der Waals surface area contributed by atoms with Crippen LogP contribution in [0.4, 0.5) is 5.82 Å². The highest BCUT2D eigenvalue weighted by molar-refractivity contribution is 7.80. The second-order valence-electron chi connectivity index (χ2n) is 3.68. The molecule has 0 aliphatic rings. The molecule has 2 heterocycles. The second-order valence-corrected chi connectivity index (χ2v) is 4.13. The average molecular weight is 235 g/mol. The third-order valence-electron chi connectivity index (χ3n) is 2.22. The molecule has 0 saturated heterocycles. The van der Waals surface area contributed by atoms with Crippen molar-refractivity contribution in [1.29, 1.82) is 0 Å². The number of nitrogen functional groups attached to an aromatic ring is 1. The Morgan fingerprint density at radius 3 is 2.19 bits per heavy atom. The SMILES string of the molecule is Cc1cc(C)nc(-n2nc(C)c(S)c2N)n1. The van der Waals surface area contributed by atoms with Gasteiger partial charge in [-0.25, -0.2) is 9.97 Å². The summed E-state index contributed by atoms with van der Waals surface area (Å²) >= 11 is 4.27. The van der Waals surface area contributed by atoms with Crippen LogP contribution in [0.1, 0.15) is 17.1 Å². The number of hydrogen-bond donors (Lipinski definition) is 2. The van der Waals surface area contributed by atoms with Crippen LogP contribution >= 0.6 is 12.6 Å². The highest BCUT2D eigenvalue weighted by atomic mass is 32.1. The van der Waals surface area contributed by atoms with E-state index in [-0.39, 0.29) is 0 Å². The van der Waals surface area contributed by atoms with Gasteiger partial charge in [-0.1, -0.05) is 0 Å². The minimum absolute atomic E-state index is 0.464. The molecule has 84 valence electrons. The summed E-state index contributed by atoms with van der Waals surface area (Å²) in [6, 6.07) is 1.90. The lowest BCUT2D eigenvalue weighted by atomic mass is 10.4. The van der Waals surface area contributed by atoms with E-state index in [2.05, 4.69) is 27.7 Å². The minimum Gasteiger partial charge on any atom is -0.383 e. The van der Waals surface area contributed by atoms with E-state index in [0.29, 0.717) is 16.7 Å². The van der Waals surface area contributed by atoms with Crippen LogP contribution in [-0.4, -0.2) is 19.7 Å². The van der Waals surface area contributed by atoms with Crippen LogP contribution in [0.5, 0.6) is 0 Å². The number of thiol groups is 1. The predicted molar refractivity (Wildman–Crippen MR) is 65.0 cm³/mol. The molecule has 0 atom stereocenters. The van der Waals surface area contributed by atoms with Crippen molar-refractivity contribution in [2.75, 3.05) is 5.73 Å². The number of aromatic nitrogens is 4. The van der Waals surface area contributed by atoms with Crippen molar-refractivity contribution in [3.8, 4) is 5.95 Å². The summed E-state index contributed by atoms with van der Waals surface area (Å²) in [7, 11) is 0. The largest absolute Gasteiger partial charge is 0.383 e. The smallest absolute Gasteiger partial charge is 0.252 e. The van der Waals surface area contributed by atoms with Crippen molar-refractivity contribution in [1.82, 2.24) is 19.7 Å². The lowest BCUT2D eigenvalue weighted by molar-refractivity contribution is 0.792. The zero-order valence-corrected chi connectivity index (χ0v) is 10.3. The van der Waals surface area contributed by atoms with Crippen molar-refractivity contribution in [3.05, 3.63) is 23.1 Å². The van der Waals surface area contributed by atoms with Crippen molar-refractivity contribution < 1.29 is 0 Å². The monoisotopic (exact) mass is 235 g/mol. The molecular weight excluding hydrogens is 222 g/mol. The molecular formula is C10H13N5S. The van der Waals surface area contributed by atoms with Gasteiger partial charge < -0.3 is 5.73 Å². The molecule has 6 heteroatoms. The predicted octanol–water partition coefficient (Wildman–Crippen LogP) is 1.46. The van der Waals surface area contributed by atoms with E-state index in [4.69, 9.17) is 5.73 Å². The van der Waals surface area contributed by atoms with Gasteiger partial charge in [0.25, 0.3) is 5.95 Å². The number of hydrogen-bond acceptors (Lipinski definition) is 5. The second kappa shape index (κ2) is 3.79.